The monoisotopic (exact) mass is 383 g/mol. The Hall–Kier alpha value is -2.82. The van der Waals surface area contributed by atoms with Crippen LogP contribution in [0, 0.1) is 6.92 Å². The van der Waals surface area contributed by atoms with Crippen molar-refractivity contribution in [1.82, 2.24) is 0 Å². The topological polar surface area (TPSA) is 64.6 Å². The lowest BCUT2D eigenvalue weighted by atomic mass is 9.98. The molecular formula is C23H29NO4. The van der Waals surface area contributed by atoms with Crippen LogP contribution in [-0.2, 0) is 9.53 Å². The van der Waals surface area contributed by atoms with Gasteiger partial charge in [0.1, 0.15) is 5.75 Å². The minimum Gasteiger partial charge on any atom is -0.494 e. The van der Waals surface area contributed by atoms with E-state index in [-0.39, 0.29) is 11.8 Å². The predicted octanol–water partition coefficient (Wildman–Crippen LogP) is 5.09. The summed E-state index contributed by atoms with van der Waals surface area (Å²) in [6.45, 7) is 10.3. The van der Waals surface area contributed by atoms with E-state index >= 15 is 0 Å². The van der Waals surface area contributed by atoms with Gasteiger partial charge in [-0.2, -0.15) is 0 Å². The zero-order valence-corrected chi connectivity index (χ0v) is 17.2. The second-order valence-corrected chi connectivity index (χ2v) is 7.10. The maximum Gasteiger partial charge on any atom is 0.338 e. The Balaban J connectivity index is 2.02. The molecule has 0 aliphatic carbocycles. The van der Waals surface area contributed by atoms with E-state index in [4.69, 9.17) is 9.47 Å². The highest BCUT2D eigenvalue weighted by Crippen LogP contribution is 2.27. The van der Waals surface area contributed by atoms with E-state index in [1.54, 1.807) is 31.2 Å². The summed E-state index contributed by atoms with van der Waals surface area (Å²) in [5.74, 6) is 0.0671. The average Bonchev–Trinajstić information content (AvgIpc) is 2.67. The lowest BCUT2D eigenvalue weighted by Gasteiger charge is -2.19. The number of anilines is 1. The molecule has 0 spiro atoms. The molecule has 1 atom stereocenters. The van der Waals surface area contributed by atoms with Crippen molar-refractivity contribution in [2.75, 3.05) is 11.9 Å². The molecule has 0 saturated carbocycles. The van der Waals surface area contributed by atoms with E-state index in [0.29, 0.717) is 17.9 Å². The fourth-order valence-electron chi connectivity index (χ4n) is 2.76. The van der Waals surface area contributed by atoms with E-state index in [1.807, 2.05) is 32.0 Å². The molecule has 0 fully saturated rings. The SMILES string of the molecule is CCCOc1ccc(C(=O)O[C@H](C)C(=O)Nc2c(C)cccc2C(C)C)cc1. The van der Waals surface area contributed by atoms with Crippen molar-refractivity contribution in [1.29, 1.82) is 0 Å². The van der Waals surface area contributed by atoms with Crippen molar-refractivity contribution in [3.8, 4) is 5.75 Å². The normalized spacial score (nSPS) is 11.8. The van der Waals surface area contributed by atoms with Crippen molar-refractivity contribution in [3.63, 3.8) is 0 Å². The first kappa shape index (κ1) is 21.5. The summed E-state index contributed by atoms with van der Waals surface area (Å²) in [6, 6.07) is 12.6. The standard InChI is InChI=1S/C23H29NO4/c1-6-14-27-19-12-10-18(11-13-19)23(26)28-17(5)22(25)24-21-16(4)8-7-9-20(21)15(2)3/h7-13,15,17H,6,14H2,1-5H3,(H,24,25)/t17-/m1/s1. The zero-order chi connectivity index (χ0) is 20.7. The molecule has 28 heavy (non-hydrogen) atoms. The number of amides is 1. The number of esters is 1. The molecule has 2 aromatic carbocycles. The highest BCUT2D eigenvalue weighted by atomic mass is 16.5. The molecule has 2 rings (SSSR count). The zero-order valence-electron chi connectivity index (χ0n) is 17.2. The number of aryl methyl sites for hydroxylation is 1. The highest BCUT2D eigenvalue weighted by molar-refractivity contribution is 5.98. The number of hydrogen-bond acceptors (Lipinski definition) is 4. The summed E-state index contributed by atoms with van der Waals surface area (Å²) in [4.78, 5) is 24.9. The van der Waals surface area contributed by atoms with Crippen LogP contribution in [0.15, 0.2) is 42.5 Å². The number of ether oxygens (including phenoxy) is 2. The van der Waals surface area contributed by atoms with Crippen molar-refractivity contribution in [2.24, 2.45) is 0 Å². The minimum atomic E-state index is -0.914. The maximum atomic E-state index is 12.6. The van der Waals surface area contributed by atoms with E-state index < -0.39 is 12.1 Å². The Morgan fingerprint density at radius 3 is 2.32 bits per heavy atom. The van der Waals surface area contributed by atoms with Gasteiger partial charge in [0.2, 0.25) is 0 Å². The summed E-state index contributed by atoms with van der Waals surface area (Å²) in [6.07, 6.45) is -0.00123. The van der Waals surface area contributed by atoms with Crippen molar-refractivity contribution in [3.05, 3.63) is 59.2 Å². The van der Waals surface area contributed by atoms with E-state index in [0.717, 1.165) is 23.2 Å². The third-order valence-corrected chi connectivity index (χ3v) is 4.39. The van der Waals surface area contributed by atoms with Crippen LogP contribution >= 0.6 is 0 Å². The number of rotatable bonds is 8. The van der Waals surface area contributed by atoms with Crippen LogP contribution in [0.2, 0.25) is 0 Å². The third-order valence-electron chi connectivity index (χ3n) is 4.39. The Labute approximate surface area is 167 Å². The first-order valence-corrected chi connectivity index (χ1v) is 9.67. The van der Waals surface area contributed by atoms with Crippen LogP contribution in [0.25, 0.3) is 0 Å². The van der Waals surface area contributed by atoms with Gasteiger partial charge in [0.15, 0.2) is 6.10 Å². The summed E-state index contributed by atoms with van der Waals surface area (Å²) < 4.78 is 10.8. The van der Waals surface area contributed by atoms with Gasteiger partial charge < -0.3 is 14.8 Å². The second-order valence-electron chi connectivity index (χ2n) is 7.10. The Bertz CT molecular complexity index is 812. The summed E-state index contributed by atoms with van der Waals surface area (Å²) in [5, 5.41) is 2.91. The number of carbonyl (C=O) groups excluding carboxylic acids is 2. The fourth-order valence-corrected chi connectivity index (χ4v) is 2.76. The summed E-state index contributed by atoms with van der Waals surface area (Å²) in [7, 11) is 0. The lowest BCUT2D eigenvalue weighted by Crippen LogP contribution is -2.30. The first-order chi connectivity index (χ1) is 13.3. The molecule has 5 heteroatoms. The van der Waals surface area contributed by atoms with Crippen LogP contribution in [-0.4, -0.2) is 24.6 Å². The number of para-hydroxylation sites is 1. The average molecular weight is 383 g/mol. The van der Waals surface area contributed by atoms with Crippen LogP contribution in [0.3, 0.4) is 0 Å². The molecule has 0 aliphatic rings. The summed E-state index contributed by atoms with van der Waals surface area (Å²) in [5.41, 5.74) is 3.18. The van der Waals surface area contributed by atoms with Gasteiger partial charge in [0, 0.05) is 5.69 Å². The number of carbonyl (C=O) groups is 2. The minimum absolute atomic E-state index is 0.265. The second kappa shape index (κ2) is 9.93. The van der Waals surface area contributed by atoms with Gasteiger partial charge in [-0.15, -0.1) is 0 Å². The largest absolute Gasteiger partial charge is 0.494 e. The van der Waals surface area contributed by atoms with Gasteiger partial charge in [-0.3, -0.25) is 4.79 Å². The van der Waals surface area contributed by atoms with Crippen molar-refractivity contribution < 1.29 is 19.1 Å². The lowest BCUT2D eigenvalue weighted by molar-refractivity contribution is -0.123. The van der Waals surface area contributed by atoms with Crippen LogP contribution < -0.4 is 10.1 Å². The van der Waals surface area contributed by atoms with E-state index in [1.165, 1.54) is 0 Å². The Kier molecular flexibility index (Phi) is 7.61. The van der Waals surface area contributed by atoms with Gasteiger partial charge in [-0.1, -0.05) is 39.0 Å². The van der Waals surface area contributed by atoms with Crippen LogP contribution in [0.5, 0.6) is 5.75 Å². The Morgan fingerprint density at radius 1 is 1.04 bits per heavy atom. The number of benzene rings is 2. The van der Waals surface area contributed by atoms with Gasteiger partial charge in [0.25, 0.3) is 5.91 Å². The van der Waals surface area contributed by atoms with Gasteiger partial charge in [0.05, 0.1) is 12.2 Å². The smallest absolute Gasteiger partial charge is 0.338 e. The maximum absolute atomic E-state index is 12.6. The molecule has 150 valence electrons. The quantitative estimate of drug-likeness (QED) is 0.645. The molecule has 0 unspecified atom stereocenters. The van der Waals surface area contributed by atoms with Gasteiger partial charge in [-0.25, -0.2) is 4.79 Å². The van der Waals surface area contributed by atoms with Crippen LogP contribution in [0.4, 0.5) is 5.69 Å². The molecule has 1 N–H and O–H groups in total. The molecule has 0 saturated heterocycles. The Morgan fingerprint density at radius 2 is 1.71 bits per heavy atom. The van der Waals surface area contributed by atoms with Gasteiger partial charge >= 0.3 is 5.97 Å². The number of nitrogens with one attached hydrogen (secondary N) is 1. The predicted molar refractivity (Wildman–Crippen MR) is 111 cm³/mol. The molecule has 5 nitrogen and oxygen atoms in total. The van der Waals surface area contributed by atoms with E-state index in [9.17, 15) is 9.59 Å². The third kappa shape index (κ3) is 5.59. The molecular weight excluding hydrogens is 354 g/mol. The van der Waals surface area contributed by atoms with Crippen molar-refractivity contribution >= 4 is 17.6 Å². The van der Waals surface area contributed by atoms with Gasteiger partial charge in [-0.05, 0) is 61.6 Å². The molecule has 2 aromatic rings. The molecule has 0 bridgehead atoms. The molecule has 0 heterocycles. The fraction of sp³-hybridized carbons (Fsp3) is 0.391. The van der Waals surface area contributed by atoms with E-state index in [2.05, 4.69) is 19.2 Å². The molecule has 1 amide bonds. The molecule has 0 aromatic heterocycles. The molecule has 0 radical (unpaired) electrons. The first-order valence-electron chi connectivity index (χ1n) is 9.67. The number of hydrogen-bond donors (Lipinski definition) is 1. The summed E-state index contributed by atoms with van der Waals surface area (Å²) >= 11 is 0. The van der Waals surface area contributed by atoms with Crippen LogP contribution in [0.1, 0.15) is 61.5 Å². The van der Waals surface area contributed by atoms with Crippen molar-refractivity contribution in [2.45, 2.75) is 53.1 Å². The molecule has 0 aliphatic heterocycles. The highest BCUT2D eigenvalue weighted by Gasteiger charge is 2.21.